The van der Waals surface area contributed by atoms with Crippen LogP contribution in [0.25, 0.3) is 0 Å². The zero-order valence-corrected chi connectivity index (χ0v) is 11.1. The molecule has 0 bridgehead atoms. The van der Waals surface area contributed by atoms with E-state index >= 15 is 0 Å². The molecule has 16 heavy (non-hydrogen) atoms. The minimum Gasteiger partial charge on any atom is -0.324 e. The van der Waals surface area contributed by atoms with E-state index < -0.39 is 0 Å². The second-order valence-corrected chi connectivity index (χ2v) is 6.22. The summed E-state index contributed by atoms with van der Waals surface area (Å²) in [7, 11) is 0. The smallest absolute Gasteiger partial charge is 0.0303 e. The van der Waals surface area contributed by atoms with Crippen LogP contribution in [0.5, 0.6) is 0 Å². The third kappa shape index (κ3) is 3.17. The molecule has 0 aromatic carbocycles. The van der Waals surface area contributed by atoms with Gasteiger partial charge in [-0.2, -0.15) is 0 Å². The first-order chi connectivity index (χ1) is 7.75. The maximum Gasteiger partial charge on any atom is 0.0303 e. The van der Waals surface area contributed by atoms with Gasteiger partial charge < -0.3 is 5.73 Å². The largest absolute Gasteiger partial charge is 0.324 e. The standard InChI is InChI=1S/C13H17NS2/c1-10-8-11(9-16-10)13(14)6-2-4-12-5-3-7-15-12/h3,5,7-9,13H,2,4,6,14H2,1H3. The van der Waals surface area contributed by atoms with Crippen LogP contribution in [0.3, 0.4) is 0 Å². The Labute approximate surface area is 105 Å². The summed E-state index contributed by atoms with van der Waals surface area (Å²) < 4.78 is 0. The van der Waals surface area contributed by atoms with Crippen LogP contribution in [0, 0.1) is 6.92 Å². The summed E-state index contributed by atoms with van der Waals surface area (Å²) in [6, 6.07) is 6.73. The fraction of sp³-hybridized carbons (Fsp3) is 0.385. The van der Waals surface area contributed by atoms with Crippen molar-refractivity contribution >= 4 is 22.7 Å². The van der Waals surface area contributed by atoms with Crippen LogP contribution < -0.4 is 5.73 Å². The van der Waals surface area contributed by atoms with E-state index in [-0.39, 0.29) is 6.04 Å². The van der Waals surface area contributed by atoms with Gasteiger partial charge in [0.05, 0.1) is 0 Å². The highest BCUT2D eigenvalue weighted by Gasteiger charge is 2.07. The lowest BCUT2D eigenvalue weighted by atomic mass is 10.0. The van der Waals surface area contributed by atoms with Gasteiger partial charge in [0, 0.05) is 15.8 Å². The summed E-state index contributed by atoms with van der Waals surface area (Å²) in [5.41, 5.74) is 7.46. The molecule has 1 atom stereocenters. The van der Waals surface area contributed by atoms with Gasteiger partial charge in [0.1, 0.15) is 0 Å². The van der Waals surface area contributed by atoms with E-state index in [2.05, 4.69) is 35.9 Å². The van der Waals surface area contributed by atoms with E-state index in [0.29, 0.717) is 0 Å². The maximum absolute atomic E-state index is 6.16. The molecule has 0 aliphatic carbocycles. The average molecular weight is 251 g/mol. The molecule has 0 spiro atoms. The van der Waals surface area contributed by atoms with Crippen LogP contribution in [-0.4, -0.2) is 0 Å². The Morgan fingerprint density at radius 3 is 2.88 bits per heavy atom. The molecular weight excluding hydrogens is 234 g/mol. The first-order valence-electron chi connectivity index (χ1n) is 5.58. The Morgan fingerprint density at radius 1 is 1.38 bits per heavy atom. The van der Waals surface area contributed by atoms with Crippen molar-refractivity contribution in [3.63, 3.8) is 0 Å². The van der Waals surface area contributed by atoms with E-state index in [9.17, 15) is 0 Å². The molecule has 1 unspecified atom stereocenters. The molecule has 0 aliphatic heterocycles. The monoisotopic (exact) mass is 251 g/mol. The number of nitrogens with two attached hydrogens (primary N) is 1. The van der Waals surface area contributed by atoms with E-state index in [4.69, 9.17) is 5.73 Å². The fourth-order valence-corrected chi connectivity index (χ4v) is 3.30. The average Bonchev–Trinajstić information content (AvgIpc) is 2.89. The van der Waals surface area contributed by atoms with Gasteiger partial charge in [0.15, 0.2) is 0 Å². The van der Waals surface area contributed by atoms with Crippen molar-refractivity contribution in [3.8, 4) is 0 Å². The molecule has 0 aliphatic rings. The van der Waals surface area contributed by atoms with Crippen molar-refractivity contribution in [1.29, 1.82) is 0 Å². The van der Waals surface area contributed by atoms with E-state index in [1.54, 1.807) is 11.3 Å². The van der Waals surface area contributed by atoms with Crippen molar-refractivity contribution in [2.75, 3.05) is 0 Å². The number of hydrogen-bond donors (Lipinski definition) is 1. The van der Waals surface area contributed by atoms with Gasteiger partial charge in [0.25, 0.3) is 0 Å². The number of aryl methyl sites for hydroxylation is 2. The summed E-state index contributed by atoms with van der Waals surface area (Å²) in [5, 5.41) is 4.32. The molecule has 2 aromatic rings. The Morgan fingerprint density at radius 2 is 2.25 bits per heavy atom. The highest BCUT2D eigenvalue weighted by atomic mass is 32.1. The van der Waals surface area contributed by atoms with Crippen LogP contribution in [0.1, 0.15) is 34.2 Å². The van der Waals surface area contributed by atoms with Gasteiger partial charge in [-0.15, -0.1) is 22.7 Å². The molecular formula is C13H17NS2. The highest BCUT2D eigenvalue weighted by molar-refractivity contribution is 7.10. The van der Waals surface area contributed by atoms with Crippen LogP contribution in [0.2, 0.25) is 0 Å². The predicted octanol–water partition coefficient (Wildman–Crippen LogP) is 4.14. The normalized spacial score (nSPS) is 12.9. The quantitative estimate of drug-likeness (QED) is 0.849. The fourth-order valence-electron chi connectivity index (χ4n) is 1.78. The summed E-state index contributed by atoms with van der Waals surface area (Å²) in [6.07, 6.45) is 3.42. The molecule has 2 N–H and O–H groups in total. The third-order valence-electron chi connectivity index (χ3n) is 2.70. The zero-order chi connectivity index (χ0) is 11.4. The van der Waals surface area contributed by atoms with Gasteiger partial charge in [0.2, 0.25) is 0 Å². The van der Waals surface area contributed by atoms with Gasteiger partial charge in [-0.25, -0.2) is 0 Å². The molecule has 2 rings (SSSR count). The lowest BCUT2D eigenvalue weighted by Crippen LogP contribution is -2.09. The van der Waals surface area contributed by atoms with Gasteiger partial charge in [-0.1, -0.05) is 6.07 Å². The lowest BCUT2D eigenvalue weighted by Gasteiger charge is -2.08. The first-order valence-corrected chi connectivity index (χ1v) is 7.34. The maximum atomic E-state index is 6.16. The number of rotatable bonds is 5. The van der Waals surface area contributed by atoms with Crippen LogP contribution in [-0.2, 0) is 6.42 Å². The first kappa shape index (κ1) is 11.8. The van der Waals surface area contributed by atoms with E-state index in [1.165, 1.54) is 21.7 Å². The number of hydrogen-bond acceptors (Lipinski definition) is 3. The third-order valence-corrected chi connectivity index (χ3v) is 4.51. The molecule has 2 heterocycles. The molecule has 0 fully saturated rings. The second-order valence-electron chi connectivity index (χ2n) is 4.07. The lowest BCUT2D eigenvalue weighted by molar-refractivity contribution is 0.615. The Balaban J connectivity index is 1.78. The molecule has 2 aromatic heterocycles. The molecule has 86 valence electrons. The topological polar surface area (TPSA) is 26.0 Å². The van der Waals surface area contributed by atoms with Crippen molar-refractivity contribution in [2.24, 2.45) is 5.73 Å². The summed E-state index contributed by atoms with van der Waals surface area (Å²) in [4.78, 5) is 2.82. The van der Waals surface area contributed by atoms with E-state index in [1.807, 2.05) is 11.3 Å². The summed E-state index contributed by atoms with van der Waals surface area (Å²) >= 11 is 3.62. The van der Waals surface area contributed by atoms with Crippen molar-refractivity contribution < 1.29 is 0 Å². The zero-order valence-electron chi connectivity index (χ0n) is 9.48. The van der Waals surface area contributed by atoms with E-state index in [0.717, 1.165) is 12.8 Å². The molecule has 0 amide bonds. The Hall–Kier alpha value is -0.640. The van der Waals surface area contributed by atoms with Crippen LogP contribution in [0.15, 0.2) is 29.0 Å². The number of thiophene rings is 2. The van der Waals surface area contributed by atoms with Crippen molar-refractivity contribution in [3.05, 3.63) is 44.3 Å². The second kappa shape index (κ2) is 5.62. The Bertz CT molecular complexity index is 417. The molecule has 0 saturated carbocycles. The molecule has 3 heteroatoms. The minimum absolute atomic E-state index is 0.213. The Kier molecular flexibility index (Phi) is 4.16. The van der Waals surface area contributed by atoms with Gasteiger partial charge in [-0.05, 0) is 54.6 Å². The van der Waals surface area contributed by atoms with Gasteiger partial charge in [-0.3, -0.25) is 0 Å². The molecule has 1 nitrogen and oxygen atoms in total. The van der Waals surface area contributed by atoms with Crippen LogP contribution in [0.4, 0.5) is 0 Å². The summed E-state index contributed by atoms with van der Waals surface area (Å²) in [5.74, 6) is 0. The summed E-state index contributed by atoms with van der Waals surface area (Å²) in [6.45, 7) is 2.13. The molecule has 0 saturated heterocycles. The minimum atomic E-state index is 0.213. The predicted molar refractivity (Wildman–Crippen MR) is 73.2 cm³/mol. The highest BCUT2D eigenvalue weighted by Crippen LogP contribution is 2.23. The van der Waals surface area contributed by atoms with Crippen molar-refractivity contribution in [2.45, 2.75) is 32.2 Å². The SMILES string of the molecule is Cc1cc(C(N)CCCc2cccs2)cs1. The van der Waals surface area contributed by atoms with Crippen molar-refractivity contribution in [1.82, 2.24) is 0 Å². The molecule has 0 radical (unpaired) electrons. The van der Waals surface area contributed by atoms with Crippen LogP contribution >= 0.6 is 22.7 Å². The van der Waals surface area contributed by atoms with Gasteiger partial charge >= 0.3 is 0 Å².